The molecule has 0 aromatic heterocycles. The summed E-state index contributed by atoms with van der Waals surface area (Å²) in [6.07, 6.45) is 3.63. The van der Waals surface area contributed by atoms with Crippen molar-refractivity contribution < 1.29 is 4.74 Å². The van der Waals surface area contributed by atoms with Gasteiger partial charge in [0.15, 0.2) is 0 Å². The molecule has 18 heavy (non-hydrogen) atoms. The van der Waals surface area contributed by atoms with Crippen LogP contribution in [0.15, 0.2) is 18.2 Å². The lowest BCUT2D eigenvalue weighted by Crippen LogP contribution is -2.29. The highest BCUT2D eigenvalue weighted by molar-refractivity contribution is 7.80. The molecular formula is C14H20N2OS. The Kier molecular flexibility index (Phi) is 4.07. The molecule has 0 radical (unpaired) electrons. The van der Waals surface area contributed by atoms with Crippen LogP contribution < -0.4 is 15.4 Å². The number of thiocarbonyl (C=S) groups is 1. The molecule has 1 aliphatic rings. The molecule has 2 N–H and O–H groups in total. The van der Waals surface area contributed by atoms with E-state index in [0.717, 1.165) is 30.0 Å². The smallest absolute Gasteiger partial charge is 0.120 e. The van der Waals surface area contributed by atoms with E-state index in [9.17, 15) is 0 Å². The lowest BCUT2D eigenvalue weighted by molar-refractivity contribution is 0.414. The van der Waals surface area contributed by atoms with Gasteiger partial charge in [0.1, 0.15) is 10.7 Å². The molecule has 0 amide bonds. The van der Waals surface area contributed by atoms with Crippen LogP contribution >= 0.6 is 12.2 Å². The molecule has 1 fully saturated rings. The van der Waals surface area contributed by atoms with E-state index in [1.807, 2.05) is 18.2 Å². The predicted octanol–water partition coefficient (Wildman–Crippen LogP) is 2.71. The Balaban J connectivity index is 2.40. The van der Waals surface area contributed by atoms with E-state index in [1.54, 1.807) is 7.11 Å². The molecule has 1 aromatic carbocycles. The van der Waals surface area contributed by atoms with Crippen LogP contribution in [0.25, 0.3) is 0 Å². The summed E-state index contributed by atoms with van der Waals surface area (Å²) in [5.74, 6) is 0.853. The van der Waals surface area contributed by atoms with Crippen molar-refractivity contribution in [1.82, 2.24) is 0 Å². The summed E-state index contributed by atoms with van der Waals surface area (Å²) in [6, 6.07) is 6.56. The first-order valence-corrected chi connectivity index (χ1v) is 6.82. The third-order valence-electron chi connectivity index (χ3n) is 3.23. The second-order valence-corrected chi connectivity index (χ2v) is 5.11. The Morgan fingerprint density at radius 1 is 1.50 bits per heavy atom. The Hall–Kier alpha value is -1.29. The van der Waals surface area contributed by atoms with Gasteiger partial charge in [-0.1, -0.05) is 19.1 Å². The molecule has 0 heterocycles. The van der Waals surface area contributed by atoms with Crippen LogP contribution in [-0.2, 0) is 0 Å². The quantitative estimate of drug-likeness (QED) is 0.802. The van der Waals surface area contributed by atoms with Gasteiger partial charge in [-0.05, 0) is 31.4 Å². The Morgan fingerprint density at radius 2 is 2.22 bits per heavy atom. The number of benzene rings is 1. The predicted molar refractivity (Wildman–Crippen MR) is 79.5 cm³/mol. The number of ether oxygens (including phenoxy) is 1. The topological polar surface area (TPSA) is 38.5 Å². The molecule has 0 atom stereocenters. The van der Waals surface area contributed by atoms with E-state index < -0.39 is 0 Å². The Labute approximate surface area is 114 Å². The standard InChI is InChI=1S/C14H20N2OS/c1-3-8-16(10-4-5-10)13-9-11(17-2)6-7-12(13)14(15)18/h6-7,9-10H,3-5,8H2,1-2H3,(H2,15,18). The normalized spacial score (nSPS) is 14.3. The van der Waals surface area contributed by atoms with Crippen LogP contribution in [0.3, 0.4) is 0 Å². The number of hydrogen-bond acceptors (Lipinski definition) is 3. The van der Waals surface area contributed by atoms with E-state index in [2.05, 4.69) is 11.8 Å². The van der Waals surface area contributed by atoms with E-state index in [1.165, 1.54) is 12.8 Å². The van der Waals surface area contributed by atoms with Crippen molar-refractivity contribution in [3.63, 3.8) is 0 Å². The summed E-state index contributed by atoms with van der Waals surface area (Å²) in [5.41, 5.74) is 7.89. The SMILES string of the molecule is CCCN(c1cc(OC)ccc1C(N)=S)C1CC1. The molecule has 3 nitrogen and oxygen atoms in total. The van der Waals surface area contributed by atoms with Gasteiger partial charge in [0, 0.05) is 24.2 Å². The zero-order chi connectivity index (χ0) is 13.1. The van der Waals surface area contributed by atoms with Crippen molar-refractivity contribution in [2.45, 2.75) is 32.2 Å². The number of rotatable bonds is 6. The first-order valence-electron chi connectivity index (χ1n) is 6.41. The molecule has 1 saturated carbocycles. The van der Waals surface area contributed by atoms with E-state index in [-0.39, 0.29) is 0 Å². The lowest BCUT2D eigenvalue weighted by Gasteiger charge is -2.27. The first-order chi connectivity index (χ1) is 8.67. The van der Waals surface area contributed by atoms with Gasteiger partial charge < -0.3 is 15.4 Å². The first kappa shape index (κ1) is 13.1. The third-order valence-corrected chi connectivity index (χ3v) is 3.45. The molecule has 1 aliphatic carbocycles. The lowest BCUT2D eigenvalue weighted by atomic mass is 10.1. The molecule has 0 aliphatic heterocycles. The summed E-state index contributed by atoms with van der Waals surface area (Å²) in [6.45, 7) is 3.23. The van der Waals surface area contributed by atoms with E-state index in [0.29, 0.717) is 11.0 Å². The van der Waals surface area contributed by atoms with Gasteiger partial charge in [-0.25, -0.2) is 0 Å². The number of anilines is 1. The summed E-state index contributed by atoms with van der Waals surface area (Å²) in [7, 11) is 1.68. The van der Waals surface area contributed by atoms with Crippen LogP contribution in [0.4, 0.5) is 5.69 Å². The van der Waals surface area contributed by atoms with Gasteiger partial charge in [-0.3, -0.25) is 0 Å². The van der Waals surface area contributed by atoms with Crippen molar-refractivity contribution in [2.24, 2.45) is 5.73 Å². The monoisotopic (exact) mass is 264 g/mol. The maximum absolute atomic E-state index is 5.82. The highest BCUT2D eigenvalue weighted by Crippen LogP contribution is 2.35. The summed E-state index contributed by atoms with van der Waals surface area (Å²) < 4.78 is 5.31. The molecule has 0 unspecified atom stereocenters. The minimum absolute atomic E-state index is 0.453. The fourth-order valence-electron chi connectivity index (χ4n) is 2.21. The largest absolute Gasteiger partial charge is 0.497 e. The molecule has 4 heteroatoms. The van der Waals surface area contributed by atoms with E-state index >= 15 is 0 Å². The second kappa shape index (κ2) is 5.57. The van der Waals surface area contributed by atoms with Crippen LogP contribution in [0.2, 0.25) is 0 Å². The number of hydrogen-bond donors (Lipinski definition) is 1. The minimum Gasteiger partial charge on any atom is -0.497 e. The van der Waals surface area contributed by atoms with Crippen molar-refractivity contribution in [3.05, 3.63) is 23.8 Å². The average molecular weight is 264 g/mol. The van der Waals surface area contributed by atoms with Gasteiger partial charge >= 0.3 is 0 Å². The Bertz CT molecular complexity index is 443. The van der Waals surface area contributed by atoms with Crippen molar-refractivity contribution in [1.29, 1.82) is 0 Å². The fourth-order valence-corrected chi connectivity index (χ4v) is 2.38. The van der Waals surface area contributed by atoms with Gasteiger partial charge in [-0.2, -0.15) is 0 Å². The Morgan fingerprint density at radius 3 is 2.72 bits per heavy atom. The number of methoxy groups -OCH3 is 1. The molecule has 0 bridgehead atoms. The molecular weight excluding hydrogens is 244 g/mol. The van der Waals surface area contributed by atoms with Crippen molar-refractivity contribution in [3.8, 4) is 5.75 Å². The molecule has 0 saturated heterocycles. The average Bonchev–Trinajstić information content (AvgIpc) is 3.19. The summed E-state index contributed by atoms with van der Waals surface area (Å²) in [5, 5.41) is 0. The summed E-state index contributed by atoms with van der Waals surface area (Å²) in [4.78, 5) is 2.87. The highest BCUT2D eigenvalue weighted by Gasteiger charge is 2.30. The van der Waals surface area contributed by atoms with Gasteiger partial charge in [0.2, 0.25) is 0 Å². The van der Waals surface area contributed by atoms with Crippen molar-refractivity contribution >= 4 is 22.9 Å². The minimum atomic E-state index is 0.453. The molecule has 1 aromatic rings. The fraction of sp³-hybridized carbons (Fsp3) is 0.500. The van der Waals surface area contributed by atoms with Gasteiger partial charge in [0.25, 0.3) is 0 Å². The van der Waals surface area contributed by atoms with Crippen LogP contribution in [-0.4, -0.2) is 24.7 Å². The maximum Gasteiger partial charge on any atom is 0.120 e. The zero-order valence-corrected chi connectivity index (χ0v) is 11.8. The third kappa shape index (κ3) is 2.75. The maximum atomic E-state index is 5.82. The summed E-state index contributed by atoms with van der Waals surface area (Å²) >= 11 is 5.15. The van der Waals surface area contributed by atoms with Crippen LogP contribution in [0.1, 0.15) is 31.7 Å². The highest BCUT2D eigenvalue weighted by atomic mass is 32.1. The molecule has 98 valence electrons. The van der Waals surface area contributed by atoms with Crippen molar-refractivity contribution in [2.75, 3.05) is 18.6 Å². The van der Waals surface area contributed by atoms with Gasteiger partial charge in [-0.15, -0.1) is 0 Å². The molecule has 2 rings (SSSR count). The van der Waals surface area contributed by atoms with Crippen LogP contribution in [0, 0.1) is 0 Å². The number of nitrogens with zero attached hydrogens (tertiary/aromatic N) is 1. The zero-order valence-electron chi connectivity index (χ0n) is 11.0. The molecule has 0 spiro atoms. The van der Waals surface area contributed by atoms with Crippen LogP contribution in [0.5, 0.6) is 5.75 Å². The second-order valence-electron chi connectivity index (χ2n) is 4.67. The van der Waals surface area contributed by atoms with E-state index in [4.69, 9.17) is 22.7 Å². The number of nitrogens with two attached hydrogens (primary N) is 1. The van der Waals surface area contributed by atoms with Gasteiger partial charge in [0.05, 0.1) is 12.8 Å².